The van der Waals surface area contributed by atoms with Gasteiger partial charge in [0.25, 0.3) is 0 Å². The fraction of sp³-hybridized carbons (Fsp3) is 0.765. The maximum Gasteiger partial charge on any atom is -0.147 e. The third kappa shape index (κ3) is 5.39. The van der Waals surface area contributed by atoms with Gasteiger partial charge >= 0.3 is 129 Å². The summed E-state index contributed by atoms with van der Waals surface area (Å²) in [6.45, 7) is 11.8. The molecule has 1 nitrogen and oxygen atoms in total. The summed E-state index contributed by atoms with van der Waals surface area (Å²) in [5.74, 6) is 0.789. The molecule has 21 heavy (non-hydrogen) atoms. The van der Waals surface area contributed by atoms with E-state index in [0.717, 1.165) is 10.3 Å². The molecule has 4 heteroatoms. The molecule has 124 valence electrons. The van der Waals surface area contributed by atoms with Crippen molar-refractivity contribution in [2.24, 2.45) is 5.92 Å². The van der Waals surface area contributed by atoms with Gasteiger partial charge in [0.05, 0.1) is 0 Å². The van der Waals surface area contributed by atoms with E-state index in [0.29, 0.717) is 0 Å². The summed E-state index contributed by atoms with van der Waals surface area (Å²) in [5.41, 5.74) is 5.24. The van der Waals surface area contributed by atoms with Crippen LogP contribution in [0.4, 0.5) is 0 Å². The number of rotatable bonds is 7. The quantitative estimate of drug-likeness (QED) is 0.524. The Hall–Kier alpha value is 0.734. The Balaban J connectivity index is 0. The van der Waals surface area contributed by atoms with E-state index in [1.165, 1.54) is 25.7 Å². The van der Waals surface area contributed by atoms with E-state index in [-0.39, 0.29) is 44.0 Å². The molecule has 2 atom stereocenters. The van der Waals surface area contributed by atoms with Crippen molar-refractivity contribution in [2.45, 2.75) is 64.6 Å². The molecule has 2 unspecified atom stereocenters. The van der Waals surface area contributed by atoms with E-state index >= 15 is 0 Å². The van der Waals surface area contributed by atoms with E-state index in [4.69, 9.17) is 0 Å². The van der Waals surface area contributed by atoms with Crippen LogP contribution in [0, 0.1) is 5.92 Å². The number of hydrogen-bond donors (Lipinski definition) is 0. The van der Waals surface area contributed by atoms with Crippen LogP contribution in [0.2, 0.25) is 0 Å². The van der Waals surface area contributed by atoms with Gasteiger partial charge in [0.1, 0.15) is 0 Å². The van der Waals surface area contributed by atoms with E-state index in [1.54, 1.807) is 16.7 Å². The van der Waals surface area contributed by atoms with Gasteiger partial charge in [-0.2, -0.15) is 0 Å². The Kier molecular flexibility index (Phi) is 12.9. The predicted molar refractivity (Wildman–Crippen MR) is 96.4 cm³/mol. The summed E-state index contributed by atoms with van der Waals surface area (Å²) < 4.78 is 2.64. The number of allylic oxidation sites excluding steroid dienone is 4. The maximum absolute atomic E-state index is 2.41. The second kappa shape index (κ2) is 11.3. The first-order valence-electron chi connectivity index (χ1n) is 7.89. The average Bonchev–Trinajstić information content (AvgIpc) is 2.69. The second-order valence-electron chi connectivity index (χ2n) is 5.70. The summed E-state index contributed by atoms with van der Waals surface area (Å²) in [4.78, 5) is 2.41. The molecule has 0 heterocycles. The summed E-state index contributed by atoms with van der Waals surface area (Å²) in [5, 5.41) is 0. The van der Waals surface area contributed by atoms with E-state index in [2.05, 4.69) is 53.6 Å². The molecular formula is C17H33Cl2NTi. The van der Waals surface area contributed by atoms with Gasteiger partial charge in [-0.05, 0) is 0 Å². The van der Waals surface area contributed by atoms with Crippen LogP contribution in [0.25, 0.3) is 0 Å². The van der Waals surface area contributed by atoms with E-state index < -0.39 is 0 Å². The molecular weight excluding hydrogens is 337 g/mol. The monoisotopic (exact) mass is 369 g/mol. The van der Waals surface area contributed by atoms with Crippen LogP contribution in [0.5, 0.6) is 0 Å². The van der Waals surface area contributed by atoms with Gasteiger partial charge in [0.2, 0.25) is 0 Å². The Labute approximate surface area is 153 Å². The smallest absolute Gasteiger partial charge is 0.147 e. The summed E-state index contributed by atoms with van der Waals surface area (Å²) in [6, 6.07) is 0. The minimum Gasteiger partial charge on any atom is -0.147 e. The molecule has 0 saturated heterocycles. The van der Waals surface area contributed by atoms with Gasteiger partial charge < -0.3 is 0 Å². The summed E-state index contributed by atoms with van der Waals surface area (Å²) in [7, 11) is 4.45. The first-order valence-corrected chi connectivity index (χ1v) is 9.58. The zero-order valence-corrected chi connectivity index (χ0v) is 17.9. The number of nitrogens with zero attached hydrogens (tertiary/aromatic N) is 1. The van der Waals surface area contributed by atoms with Crippen molar-refractivity contribution >= 4 is 24.8 Å². The van der Waals surface area contributed by atoms with Crippen molar-refractivity contribution < 1.29 is 19.2 Å². The fourth-order valence-corrected chi connectivity index (χ4v) is 6.04. The molecule has 0 N–H and O–H groups in total. The average molecular weight is 370 g/mol. The molecule has 0 aromatic rings. The molecule has 0 aromatic heterocycles. The van der Waals surface area contributed by atoms with Crippen molar-refractivity contribution in [3.8, 4) is 0 Å². The van der Waals surface area contributed by atoms with Gasteiger partial charge in [-0.1, -0.05) is 0 Å². The van der Waals surface area contributed by atoms with Crippen LogP contribution in [0.15, 0.2) is 20.6 Å². The van der Waals surface area contributed by atoms with Crippen molar-refractivity contribution in [2.75, 3.05) is 14.1 Å². The molecule has 0 amide bonds. The minimum absolute atomic E-state index is 0. The van der Waals surface area contributed by atoms with Gasteiger partial charge in [-0.15, -0.1) is 24.8 Å². The largest absolute Gasteiger partial charge is 0.147 e. The van der Waals surface area contributed by atoms with Crippen LogP contribution in [0.3, 0.4) is 0 Å². The molecule has 0 saturated carbocycles. The van der Waals surface area contributed by atoms with Crippen molar-refractivity contribution in [3.63, 3.8) is 0 Å². The Morgan fingerprint density at radius 1 is 0.952 bits per heavy atom. The first-order chi connectivity index (χ1) is 9.01. The minimum atomic E-state index is -0.0297. The normalized spacial score (nSPS) is 19.5. The van der Waals surface area contributed by atoms with Crippen LogP contribution in [-0.2, 0) is 19.2 Å². The van der Waals surface area contributed by atoms with Crippen molar-refractivity contribution in [3.05, 3.63) is 20.6 Å². The third-order valence-electron chi connectivity index (χ3n) is 4.48. The Bertz CT molecular complexity index is 375. The molecule has 0 spiro atoms. The molecule has 0 aliphatic heterocycles. The SMILES string of the molecule is CCC1=C(CC)C(CC)[C]([Ti][CH](C)N(C)C)=C1CC.Cl.Cl. The summed E-state index contributed by atoms with van der Waals surface area (Å²) in [6.07, 6.45) is 5.02. The molecule has 1 aliphatic carbocycles. The molecule has 1 rings (SSSR count). The van der Waals surface area contributed by atoms with Crippen LogP contribution in [0.1, 0.15) is 60.3 Å². The second-order valence-corrected chi connectivity index (χ2v) is 8.30. The van der Waals surface area contributed by atoms with E-state index in [9.17, 15) is 0 Å². The summed E-state index contributed by atoms with van der Waals surface area (Å²) >= 11 is -0.0297. The molecule has 0 bridgehead atoms. The maximum atomic E-state index is 2.41. The number of halogens is 2. The molecule has 0 radical (unpaired) electrons. The van der Waals surface area contributed by atoms with Gasteiger partial charge in [0, 0.05) is 0 Å². The first kappa shape index (κ1) is 24.0. The van der Waals surface area contributed by atoms with Crippen molar-refractivity contribution in [1.29, 1.82) is 0 Å². The zero-order valence-electron chi connectivity index (χ0n) is 14.7. The fourth-order valence-electron chi connectivity index (χ4n) is 3.25. The van der Waals surface area contributed by atoms with Crippen LogP contribution in [-0.4, -0.2) is 23.3 Å². The topological polar surface area (TPSA) is 3.24 Å². The van der Waals surface area contributed by atoms with Crippen molar-refractivity contribution in [1.82, 2.24) is 4.90 Å². The standard InChI is InChI=1S/C13H21.C4H10N.2ClH.Ti/c1-5-10-9-11(6-2)13(8-4)12(10)7-3;1-4-5(2)3;;;/h10H,5-8H2,1-4H3;4H,1-3H3;2*1H;. The zero-order chi connectivity index (χ0) is 14.6. The van der Waals surface area contributed by atoms with E-state index in [1.807, 2.05) is 3.88 Å². The van der Waals surface area contributed by atoms with Gasteiger partial charge in [-0.25, -0.2) is 0 Å². The van der Waals surface area contributed by atoms with Gasteiger partial charge in [-0.3, -0.25) is 0 Å². The molecule has 0 fully saturated rings. The third-order valence-corrected chi connectivity index (χ3v) is 7.44. The van der Waals surface area contributed by atoms with Gasteiger partial charge in [0.15, 0.2) is 0 Å². The van der Waals surface area contributed by atoms with Crippen LogP contribution < -0.4 is 0 Å². The number of hydrogen-bond acceptors (Lipinski definition) is 1. The van der Waals surface area contributed by atoms with Crippen LogP contribution >= 0.6 is 24.8 Å². The molecule has 1 aliphatic rings. The molecule has 0 aromatic carbocycles. The predicted octanol–water partition coefficient (Wildman–Crippen LogP) is 5.64. The Morgan fingerprint density at radius 2 is 1.48 bits per heavy atom. The Morgan fingerprint density at radius 3 is 1.81 bits per heavy atom.